The predicted molar refractivity (Wildman–Crippen MR) is 108 cm³/mol. The molecule has 0 radical (unpaired) electrons. The lowest BCUT2D eigenvalue weighted by atomic mass is 10.0. The van der Waals surface area contributed by atoms with Gasteiger partial charge in [-0.2, -0.15) is 4.31 Å². The Morgan fingerprint density at radius 2 is 1.70 bits per heavy atom. The van der Waals surface area contributed by atoms with Gasteiger partial charge < -0.3 is 4.90 Å². The van der Waals surface area contributed by atoms with Crippen molar-refractivity contribution in [3.63, 3.8) is 0 Å². The number of anilines is 1. The van der Waals surface area contributed by atoms with Gasteiger partial charge in [0.05, 0.1) is 4.90 Å². The number of aryl methyl sites for hydroxylation is 1. The molecule has 27 heavy (non-hydrogen) atoms. The van der Waals surface area contributed by atoms with Crippen molar-refractivity contribution in [2.45, 2.75) is 31.6 Å². The monoisotopic (exact) mass is 386 g/mol. The molecule has 144 valence electrons. The second kappa shape index (κ2) is 7.82. The summed E-state index contributed by atoms with van der Waals surface area (Å²) in [7, 11) is -1.78. The highest BCUT2D eigenvalue weighted by atomic mass is 32.2. The Morgan fingerprint density at radius 3 is 2.30 bits per heavy atom. The second-order valence-electron chi connectivity index (χ2n) is 7.31. The molecule has 6 heteroatoms. The molecule has 0 unspecified atom stereocenters. The minimum Gasteiger partial charge on any atom is -0.311 e. The number of amides is 1. The van der Waals surface area contributed by atoms with Crippen LogP contribution in [0.2, 0.25) is 0 Å². The molecular weight excluding hydrogens is 360 g/mol. The van der Waals surface area contributed by atoms with Crippen LogP contribution in [0.25, 0.3) is 0 Å². The van der Waals surface area contributed by atoms with E-state index in [4.69, 9.17) is 0 Å². The van der Waals surface area contributed by atoms with Crippen LogP contribution in [0.3, 0.4) is 0 Å². The third kappa shape index (κ3) is 4.22. The fourth-order valence-corrected chi connectivity index (χ4v) is 4.76. The van der Waals surface area contributed by atoms with E-state index >= 15 is 0 Å². The van der Waals surface area contributed by atoms with Crippen molar-refractivity contribution in [3.05, 3.63) is 59.7 Å². The van der Waals surface area contributed by atoms with Crippen LogP contribution in [0.15, 0.2) is 53.4 Å². The molecule has 2 aromatic carbocycles. The smallest absolute Gasteiger partial charge is 0.258 e. The summed E-state index contributed by atoms with van der Waals surface area (Å²) in [6.45, 7) is 5.23. The molecule has 1 aliphatic rings. The minimum atomic E-state index is -3.50. The highest BCUT2D eigenvalue weighted by Crippen LogP contribution is 2.24. The third-order valence-corrected chi connectivity index (χ3v) is 7.09. The zero-order chi connectivity index (χ0) is 19.6. The van der Waals surface area contributed by atoms with Crippen LogP contribution in [0, 0.1) is 12.8 Å². The van der Waals surface area contributed by atoms with Gasteiger partial charge in [0.1, 0.15) is 0 Å². The van der Waals surface area contributed by atoms with Crippen LogP contribution in [0.1, 0.15) is 35.7 Å². The molecule has 3 rings (SSSR count). The summed E-state index contributed by atoms with van der Waals surface area (Å²) < 4.78 is 27.1. The molecule has 5 nitrogen and oxygen atoms in total. The molecular formula is C21H26N2O3S. The van der Waals surface area contributed by atoms with E-state index in [0.717, 1.165) is 24.1 Å². The van der Waals surface area contributed by atoms with Crippen LogP contribution < -0.4 is 4.90 Å². The number of sulfonamides is 1. The van der Waals surface area contributed by atoms with Crippen LogP contribution in [-0.4, -0.2) is 38.8 Å². The zero-order valence-electron chi connectivity index (χ0n) is 16.1. The van der Waals surface area contributed by atoms with Gasteiger partial charge in [0, 0.05) is 31.4 Å². The fraction of sp³-hybridized carbons (Fsp3) is 0.381. The summed E-state index contributed by atoms with van der Waals surface area (Å²) >= 11 is 0. The predicted octanol–water partition coefficient (Wildman–Crippen LogP) is 3.69. The Bertz CT molecular complexity index is 915. The topological polar surface area (TPSA) is 57.7 Å². The van der Waals surface area contributed by atoms with E-state index in [1.165, 1.54) is 12.1 Å². The number of carbonyl (C=O) groups excluding carboxylic acids is 1. The maximum atomic E-state index is 12.8. The van der Waals surface area contributed by atoms with Crippen LogP contribution in [0.4, 0.5) is 5.69 Å². The first kappa shape index (κ1) is 19.6. The van der Waals surface area contributed by atoms with Crippen LogP contribution >= 0.6 is 0 Å². The summed E-state index contributed by atoms with van der Waals surface area (Å²) in [5.74, 6) is 0.393. The van der Waals surface area contributed by atoms with Crippen molar-refractivity contribution < 1.29 is 13.2 Å². The zero-order valence-corrected chi connectivity index (χ0v) is 16.9. The Kier molecular flexibility index (Phi) is 5.67. The van der Waals surface area contributed by atoms with Crippen LogP contribution in [-0.2, 0) is 10.0 Å². The van der Waals surface area contributed by atoms with Gasteiger partial charge in [0.25, 0.3) is 5.91 Å². The Balaban J connectivity index is 1.77. The highest BCUT2D eigenvalue weighted by molar-refractivity contribution is 7.89. The van der Waals surface area contributed by atoms with Gasteiger partial charge in [-0.15, -0.1) is 0 Å². The number of hydrogen-bond acceptors (Lipinski definition) is 3. The normalized spacial score (nSPS) is 16.3. The summed E-state index contributed by atoms with van der Waals surface area (Å²) in [6, 6.07) is 13.9. The number of carbonyl (C=O) groups is 1. The largest absolute Gasteiger partial charge is 0.311 e. The molecule has 0 atom stereocenters. The van der Waals surface area contributed by atoms with Gasteiger partial charge in [-0.3, -0.25) is 4.79 Å². The Morgan fingerprint density at radius 1 is 1.07 bits per heavy atom. The first-order valence-corrected chi connectivity index (χ1v) is 10.7. The molecule has 0 aromatic heterocycles. The van der Waals surface area contributed by atoms with Crippen molar-refractivity contribution >= 4 is 21.6 Å². The molecule has 1 heterocycles. The average Bonchev–Trinajstić information content (AvgIpc) is 2.67. The molecule has 0 N–H and O–H groups in total. The SMILES string of the molecule is Cc1cccc(N(C)C(=O)c2ccc(S(=O)(=O)N3CCC(C)CC3)cc2)c1. The minimum absolute atomic E-state index is 0.170. The van der Waals surface area contributed by atoms with Gasteiger partial charge in [-0.25, -0.2) is 8.42 Å². The van der Waals surface area contributed by atoms with Gasteiger partial charge in [-0.05, 0) is 67.6 Å². The van der Waals surface area contributed by atoms with Crippen molar-refractivity contribution in [1.29, 1.82) is 0 Å². The number of benzene rings is 2. The molecule has 1 aliphatic heterocycles. The third-order valence-electron chi connectivity index (χ3n) is 5.18. The van der Waals surface area contributed by atoms with E-state index in [1.54, 1.807) is 28.4 Å². The molecule has 0 aliphatic carbocycles. The van der Waals surface area contributed by atoms with Crippen molar-refractivity contribution in [2.24, 2.45) is 5.92 Å². The molecule has 0 saturated carbocycles. The van der Waals surface area contributed by atoms with Gasteiger partial charge in [0.2, 0.25) is 10.0 Å². The van der Waals surface area contributed by atoms with E-state index in [0.29, 0.717) is 24.6 Å². The van der Waals surface area contributed by atoms with Crippen molar-refractivity contribution in [1.82, 2.24) is 4.31 Å². The van der Waals surface area contributed by atoms with Gasteiger partial charge in [-0.1, -0.05) is 19.1 Å². The number of piperidine rings is 1. The first-order chi connectivity index (χ1) is 12.8. The summed E-state index contributed by atoms with van der Waals surface area (Å²) in [4.78, 5) is 14.5. The fourth-order valence-electron chi connectivity index (χ4n) is 3.29. The average molecular weight is 387 g/mol. The van der Waals surface area contributed by atoms with Crippen LogP contribution in [0.5, 0.6) is 0 Å². The van der Waals surface area contributed by atoms with Gasteiger partial charge >= 0.3 is 0 Å². The Hall–Kier alpha value is -2.18. The van der Waals surface area contributed by atoms with E-state index in [9.17, 15) is 13.2 Å². The van der Waals surface area contributed by atoms with Crippen molar-refractivity contribution in [2.75, 3.05) is 25.0 Å². The molecule has 1 amide bonds. The van der Waals surface area contributed by atoms with E-state index in [2.05, 4.69) is 6.92 Å². The molecule has 0 bridgehead atoms. The standard InChI is InChI=1S/C21H26N2O3S/c1-16-11-13-23(14-12-16)27(25,26)20-9-7-18(8-10-20)21(24)22(3)19-6-4-5-17(2)15-19/h4-10,15-16H,11-14H2,1-3H3. The number of nitrogens with zero attached hydrogens (tertiary/aromatic N) is 2. The molecule has 0 spiro atoms. The summed E-state index contributed by atoms with van der Waals surface area (Å²) in [6.07, 6.45) is 1.77. The maximum Gasteiger partial charge on any atom is 0.258 e. The lowest BCUT2D eigenvalue weighted by molar-refractivity contribution is 0.0993. The summed E-state index contributed by atoms with van der Waals surface area (Å²) in [5.41, 5.74) is 2.34. The van der Waals surface area contributed by atoms with Crippen molar-refractivity contribution in [3.8, 4) is 0 Å². The number of rotatable bonds is 4. The lowest BCUT2D eigenvalue weighted by Gasteiger charge is -2.29. The van der Waals surface area contributed by atoms with Gasteiger partial charge in [0.15, 0.2) is 0 Å². The molecule has 1 saturated heterocycles. The second-order valence-corrected chi connectivity index (χ2v) is 9.25. The highest BCUT2D eigenvalue weighted by Gasteiger charge is 2.28. The van der Waals surface area contributed by atoms with E-state index < -0.39 is 10.0 Å². The maximum absolute atomic E-state index is 12.8. The van der Waals surface area contributed by atoms with E-state index in [1.807, 2.05) is 31.2 Å². The van der Waals surface area contributed by atoms with E-state index in [-0.39, 0.29) is 10.8 Å². The summed E-state index contributed by atoms with van der Waals surface area (Å²) in [5, 5.41) is 0. The number of hydrogen-bond donors (Lipinski definition) is 0. The Labute approximate surface area is 161 Å². The molecule has 1 fully saturated rings. The first-order valence-electron chi connectivity index (χ1n) is 9.24. The lowest BCUT2D eigenvalue weighted by Crippen LogP contribution is -2.37. The quantitative estimate of drug-likeness (QED) is 0.805. The molecule has 2 aromatic rings.